The van der Waals surface area contributed by atoms with Gasteiger partial charge in [0.25, 0.3) is 5.69 Å². The lowest BCUT2D eigenvalue weighted by Gasteiger charge is -2.34. The molecule has 1 rings (SSSR count). The number of carbonyl (C=O) groups excluding carboxylic acids is 1. The number of nitrogens with zero attached hydrogens (tertiary/aromatic N) is 2. The fourth-order valence-corrected chi connectivity index (χ4v) is 1.65. The number of benzene rings is 1. The molecule has 20 heavy (non-hydrogen) atoms. The number of halogens is 1. The van der Waals surface area contributed by atoms with Crippen LogP contribution < -0.4 is 0 Å². The van der Waals surface area contributed by atoms with Crippen LogP contribution >= 0.6 is 0 Å². The first kappa shape index (κ1) is 15.9. The van der Waals surface area contributed by atoms with Crippen LogP contribution in [0.2, 0.25) is 0 Å². The monoisotopic (exact) mass is 284 g/mol. The highest BCUT2D eigenvalue weighted by atomic mass is 19.1. The van der Waals surface area contributed by atoms with E-state index in [2.05, 4.69) is 4.74 Å². The molecular weight excluding hydrogens is 267 g/mol. The Bertz CT molecular complexity index is 526. The lowest BCUT2D eigenvalue weighted by atomic mass is 10.0. The molecule has 0 atom stereocenters. The summed E-state index contributed by atoms with van der Waals surface area (Å²) in [6.07, 6.45) is -0.622. The zero-order chi connectivity index (χ0) is 15.5. The summed E-state index contributed by atoms with van der Waals surface area (Å²) in [6.45, 7) is 5.18. The zero-order valence-electron chi connectivity index (χ0n) is 11.8. The zero-order valence-corrected chi connectivity index (χ0v) is 11.8. The second kappa shape index (κ2) is 5.85. The number of rotatable bonds is 3. The number of hydrogen-bond donors (Lipinski definition) is 0. The van der Waals surface area contributed by atoms with Crippen molar-refractivity contribution in [3.63, 3.8) is 0 Å². The van der Waals surface area contributed by atoms with Gasteiger partial charge < -0.3 is 4.74 Å². The molecule has 0 aromatic heterocycles. The van der Waals surface area contributed by atoms with Crippen molar-refractivity contribution in [1.82, 2.24) is 4.90 Å². The summed E-state index contributed by atoms with van der Waals surface area (Å²) in [7, 11) is 1.23. The SMILES string of the molecule is COC(=O)N(Cc1cc([N+](=O)[O-])ccc1F)C(C)(C)C. The van der Waals surface area contributed by atoms with Crippen molar-refractivity contribution in [3.05, 3.63) is 39.7 Å². The summed E-state index contributed by atoms with van der Waals surface area (Å²) >= 11 is 0. The Morgan fingerprint density at radius 2 is 2.05 bits per heavy atom. The van der Waals surface area contributed by atoms with Crippen LogP contribution in [0.15, 0.2) is 18.2 Å². The Balaban J connectivity index is 3.14. The third-order valence-electron chi connectivity index (χ3n) is 2.77. The maximum atomic E-state index is 13.7. The molecule has 1 aromatic rings. The van der Waals surface area contributed by atoms with Crippen molar-refractivity contribution in [1.29, 1.82) is 0 Å². The Hall–Kier alpha value is -2.18. The Morgan fingerprint density at radius 3 is 2.50 bits per heavy atom. The quantitative estimate of drug-likeness (QED) is 0.631. The van der Waals surface area contributed by atoms with Crippen molar-refractivity contribution in [2.45, 2.75) is 32.9 Å². The molecule has 7 heteroatoms. The molecular formula is C13H17FN2O4. The fourth-order valence-electron chi connectivity index (χ4n) is 1.65. The molecule has 0 radical (unpaired) electrons. The number of non-ortho nitro benzene ring substituents is 1. The van der Waals surface area contributed by atoms with E-state index in [-0.39, 0.29) is 17.8 Å². The molecule has 6 nitrogen and oxygen atoms in total. The van der Waals surface area contributed by atoms with Crippen molar-refractivity contribution < 1.29 is 18.8 Å². The van der Waals surface area contributed by atoms with Gasteiger partial charge in [-0.15, -0.1) is 0 Å². The predicted octanol–water partition coefficient (Wildman–Crippen LogP) is 3.10. The number of methoxy groups -OCH3 is 1. The van der Waals surface area contributed by atoms with Crippen LogP contribution in [0.1, 0.15) is 26.3 Å². The highest BCUT2D eigenvalue weighted by Crippen LogP contribution is 2.23. The lowest BCUT2D eigenvalue weighted by Crippen LogP contribution is -2.45. The molecule has 0 aliphatic rings. The highest BCUT2D eigenvalue weighted by Gasteiger charge is 2.28. The van der Waals surface area contributed by atoms with Crippen LogP contribution in [-0.4, -0.2) is 28.6 Å². The van der Waals surface area contributed by atoms with Crippen molar-refractivity contribution in [2.75, 3.05) is 7.11 Å². The summed E-state index contributed by atoms with van der Waals surface area (Å²) < 4.78 is 18.4. The standard InChI is InChI=1S/C13H17FN2O4/c1-13(2,3)15(12(17)20-4)8-9-7-10(16(18)19)5-6-11(9)14/h5-7H,8H2,1-4H3. The van der Waals surface area contributed by atoms with Crippen LogP contribution in [-0.2, 0) is 11.3 Å². The summed E-state index contributed by atoms with van der Waals surface area (Å²) in [5, 5.41) is 10.7. The number of nitro benzene ring substituents is 1. The first-order valence-electron chi connectivity index (χ1n) is 5.95. The van der Waals surface area contributed by atoms with Gasteiger partial charge in [-0.1, -0.05) is 0 Å². The molecule has 0 bridgehead atoms. The third-order valence-corrected chi connectivity index (χ3v) is 2.77. The number of carbonyl (C=O) groups is 1. The number of nitro groups is 1. The maximum absolute atomic E-state index is 13.7. The van der Waals surface area contributed by atoms with E-state index in [1.165, 1.54) is 12.0 Å². The van der Waals surface area contributed by atoms with Crippen LogP contribution in [0.5, 0.6) is 0 Å². The largest absolute Gasteiger partial charge is 0.453 e. The Labute approximate surface area is 116 Å². The first-order chi connectivity index (χ1) is 9.16. The number of hydrogen-bond acceptors (Lipinski definition) is 4. The molecule has 0 N–H and O–H groups in total. The molecule has 110 valence electrons. The van der Waals surface area contributed by atoms with E-state index in [1.54, 1.807) is 20.8 Å². The average Bonchev–Trinajstić information content (AvgIpc) is 2.35. The number of ether oxygens (including phenoxy) is 1. The summed E-state index contributed by atoms with van der Waals surface area (Å²) in [5.41, 5.74) is -0.760. The summed E-state index contributed by atoms with van der Waals surface area (Å²) in [5.74, 6) is -0.603. The molecule has 1 aromatic carbocycles. The molecule has 0 saturated carbocycles. The van der Waals surface area contributed by atoms with E-state index < -0.39 is 22.4 Å². The van der Waals surface area contributed by atoms with Gasteiger partial charge in [-0.25, -0.2) is 9.18 Å². The minimum atomic E-state index is -0.622. The van der Waals surface area contributed by atoms with Gasteiger partial charge >= 0.3 is 6.09 Å². The lowest BCUT2D eigenvalue weighted by molar-refractivity contribution is -0.385. The predicted molar refractivity (Wildman–Crippen MR) is 70.8 cm³/mol. The van der Waals surface area contributed by atoms with E-state index in [0.717, 1.165) is 18.2 Å². The van der Waals surface area contributed by atoms with Crippen LogP contribution in [0, 0.1) is 15.9 Å². The normalized spacial score (nSPS) is 11.1. The topological polar surface area (TPSA) is 72.7 Å². The number of amides is 1. The smallest absolute Gasteiger partial charge is 0.410 e. The first-order valence-corrected chi connectivity index (χ1v) is 5.95. The van der Waals surface area contributed by atoms with Gasteiger partial charge in [0.15, 0.2) is 0 Å². The van der Waals surface area contributed by atoms with Crippen LogP contribution in [0.25, 0.3) is 0 Å². The van der Waals surface area contributed by atoms with Gasteiger partial charge in [-0.2, -0.15) is 0 Å². The highest BCUT2D eigenvalue weighted by molar-refractivity contribution is 5.68. The second-order valence-electron chi connectivity index (χ2n) is 5.26. The van der Waals surface area contributed by atoms with E-state index in [4.69, 9.17) is 0 Å². The van der Waals surface area contributed by atoms with E-state index in [1.807, 2.05) is 0 Å². The molecule has 0 aliphatic carbocycles. The van der Waals surface area contributed by atoms with Gasteiger partial charge in [0.05, 0.1) is 18.6 Å². The van der Waals surface area contributed by atoms with E-state index in [9.17, 15) is 19.3 Å². The summed E-state index contributed by atoms with van der Waals surface area (Å²) in [6, 6.07) is 3.22. The van der Waals surface area contributed by atoms with Crippen LogP contribution in [0.3, 0.4) is 0 Å². The third kappa shape index (κ3) is 3.66. The van der Waals surface area contributed by atoms with Gasteiger partial charge in [-0.05, 0) is 26.8 Å². The molecule has 0 saturated heterocycles. The van der Waals surface area contributed by atoms with Crippen molar-refractivity contribution in [2.24, 2.45) is 0 Å². The average molecular weight is 284 g/mol. The minimum Gasteiger partial charge on any atom is -0.453 e. The molecule has 1 amide bonds. The van der Waals surface area contributed by atoms with Gasteiger partial charge in [0.1, 0.15) is 5.82 Å². The maximum Gasteiger partial charge on any atom is 0.410 e. The molecule has 0 spiro atoms. The Kier molecular flexibility index (Phi) is 4.65. The molecule has 0 fully saturated rings. The van der Waals surface area contributed by atoms with Crippen molar-refractivity contribution in [3.8, 4) is 0 Å². The van der Waals surface area contributed by atoms with Crippen molar-refractivity contribution >= 4 is 11.8 Å². The summed E-state index contributed by atoms with van der Waals surface area (Å²) in [4.78, 5) is 23.1. The van der Waals surface area contributed by atoms with E-state index >= 15 is 0 Å². The fraction of sp³-hybridized carbons (Fsp3) is 0.462. The molecule has 0 aliphatic heterocycles. The van der Waals surface area contributed by atoms with Gasteiger partial charge in [0.2, 0.25) is 0 Å². The molecule has 0 heterocycles. The second-order valence-corrected chi connectivity index (χ2v) is 5.26. The minimum absolute atomic E-state index is 0.0690. The Morgan fingerprint density at radius 1 is 1.45 bits per heavy atom. The van der Waals surface area contributed by atoms with Crippen LogP contribution in [0.4, 0.5) is 14.9 Å². The van der Waals surface area contributed by atoms with Gasteiger partial charge in [-0.3, -0.25) is 15.0 Å². The van der Waals surface area contributed by atoms with E-state index in [0.29, 0.717) is 0 Å². The molecule has 0 unspecified atom stereocenters. The van der Waals surface area contributed by atoms with Gasteiger partial charge in [0, 0.05) is 23.2 Å².